The fourth-order valence-corrected chi connectivity index (χ4v) is 2.97. The summed E-state index contributed by atoms with van der Waals surface area (Å²) in [6.45, 7) is 0. The Bertz CT molecular complexity index is 554. The molecule has 0 heterocycles. The van der Waals surface area contributed by atoms with Gasteiger partial charge in [0, 0.05) is 0 Å². The van der Waals surface area contributed by atoms with Gasteiger partial charge in [-0.3, -0.25) is 0 Å². The van der Waals surface area contributed by atoms with Gasteiger partial charge in [0.05, 0.1) is 0 Å². The molecule has 0 bridgehead atoms. The SMILES string of the molecule is Oc1ccc(Oc2ccccc2C2CCCCC2)cc1. The van der Waals surface area contributed by atoms with E-state index in [9.17, 15) is 5.11 Å². The summed E-state index contributed by atoms with van der Waals surface area (Å²) in [7, 11) is 0. The highest BCUT2D eigenvalue weighted by Gasteiger charge is 2.19. The number of phenols is 1. The van der Waals surface area contributed by atoms with Gasteiger partial charge >= 0.3 is 0 Å². The fourth-order valence-electron chi connectivity index (χ4n) is 2.97. The van der Waals surface area contributed by atoms with Crippen LogP contribution in [-0.4, -0.2) is 5.11 Å². The van der Waals surface area contributed by atoms with Gasteiger partial charge in [0.1, 0.15) is 17.2 Å². The maximum atomic E-state index is 9.33. The van der Waals surface area contributed by atoms with Crippen LogP contribution in [0.1, 0.15) is 43.6 Å². The van der Waals surface area contributed by atoms with E-state index in [1.54, 1.807) is 24.3 Å². The third-order valence-corrected chi connectivity index (χ3v) is 4.03. The molecule has 0 radical (unpaired) electrons. The lowest BCUT2D eigenvalue weighted by Gasteiger charge is -2.24. The van der Waals surface area contributed by atoms with Crippen molar-refractivity contribution in [1.29, 1.82) is 0 Å². The number of hydrogen-bond donors (Lipinski definition) is 1. The lowest BCUT2D eigenvalue weighted by atomic mass is 9.84. The van der Waals surface area contributed by atoms with E-state index in [-0.39, 0.29) is 5.75 Å². The second-order valence-corrected chi connectivity index (χ2v) is 5.47. The van der Waals surface area contributed by atoms with Gasteiger partial charge in [-0.15, -0.1) is 0 Å². The molecule has 1 saturated carbocycles. The molecule has 0 spiro atoms. The maximum Gasteiger partial charge on any atom is 0.130 e. The highest BCUT2D eigenvalue weighted by Crippen LogP contribution is 2.38. The molecule has 2 aromatic rings. The number of hydrogen-bond acceptors (Lipinski definition) is 2. The zero-order valence-corrected chi connectivity index (χ0v) is 11.6. The van der Waals surface area contributed by atoms with E-state index in [4.69, 9.17) is 4.74 Å². The second kappa shape index (κ2) is 6.00. The van der Waals surface area contributed by atoms with Crippen molar-refractivity contribution in [3.8, 4) is 17.2 Å². The maximum absolute atomic E-state index is 9.33. The molecule has 0 saturated heterocycles. The monoisotopic (exact) mass is 268 g/mol. The zero-order chi connectivity index (χ0) is 13.8. The Kier molecular flexibility index (Phi) is 3.91. The van der Waals surface area contributed by atoms with Crippen LogP contribution in [0.15, 0.2) is 48.5 Å². The smallest absolute Gasteiger partial charge is 0.130 e. The van der Waals surface area contributed by atoms with Gasteiger partial charge in [-0.25, -0.2) is 0 Å². The van der Waals surface area contributed by atoms with Gasteiger partial charge in [0.25, 0.3) is 0 Å². The van der Waals surface area contributed by atoms with Crippen LogP contribution in [0.2, 0.25) is 0 Å². The quantitative estimate of drug-likeness (QED) is 0.825. The number of ether oxygens (including phenoxy) is 1. The Morgan fingerprint density at radius 2 is 1.55 bits per heavy atom. The highest BCUT2D eigenvalue weighted by molar-refractivity contribution is 5.41. The van der Waals surface area contributed by atoms with E-state index in [1.807, 2.05) is 12.1 Å². The number of benzene rings is 2. The van der Waals surface area contributed by atoms with Gasteiger partial charge < -0.3 is 9.84 Å². The average Bonchev–Trinajstić information content (AvgIpc) is 2.51. The normalized spacial score (nSPS) is 16.0. The Hall–Kier alpha value is -1.96. The molecule has 1 N–H and O–H groups in total. The summed E-state index contributed by atoms with van der Waals surface area (Å²) < 4.78 is 6.01. The van der Waals surface area contributed by atoms with Crippen LogP contribution in [0.25, 0.3) is 0 Å². The molecule has 20 heavy (non-hydrogen) atoms. The number of phenolic OH excluding ortho intramolecular Hbond substituents is 1. The molecule has 0 amide bonds. The molecule has 2 aromatic carbocycles. The van der Waals surface area contributed by atoms with E-state index < -0.39 is 0 Å². The van der Waals surface area contributed by atoms with E-state index in [0.717, 1.165) is 11.5 Å². The average molecular weight is 268 g/mol. The molecule has 0 unspecified atom stereocenters. The lowest BCUT2D eigenvalue weighted by molar-refractivity contribution is 0.418. The predicted molar refractivity (Wildman–Crippen MR) is 80.4 cm³/mol. The van der Waals surface area contributed by atoms with Crippen LogP contribution in [0.3, 0.4) is 0 Å². The predicted octanol–water partition coefficient (Wildman–Crippen LogP) is 5.23. The van der Waals surface area contributed by atoms with Crippen LogP contribution < -0.4 is 4.74 Å². The van der Waals surface area contributed by atoms with Crippen molar-refractivity contribution >= 4 is 0 Å². The Labute approximate surface area is 120 Å². The summed E-state index contributed by atoms with van der Waals surface area (Å²) >= 11 is 0. The summed E-state index contributed by atoms with van der Waals surface area (Å²) in [5.41, 5.74) is 1.32. The molecule has 2 nitrogen and oxygen atoms in total. The summed E-state index contributed by atoms with van der Waals surface area (Å²) in [5.74, 6) is 2.60. The molecule has 0 aromatic heterocycles. The molecule has 0 atom stereocenters. The first-order chi connectivity index (χ1) is 9.83. The summed E-state index contributed by atoms with van der Waals surface area (Å²) in [6, 6.07) is 15.2. The minimum absolute atomic E-state index is 0.262. The first kappa shape index (κ1) is 13.0. The fraction of sp³-hybridized carbons (Fsp3) is 0.333. The van der Waals surface area contributed by atoms with Gasteiger partial charge in [-0.1, -0.05) is 37.5 Å². The third-order valence-electron chi connectivity index (χ3n) is 4.03. The number of rotatable bonds is 3. The largest absolute Gasteiger partial charge is 0.508 e. The molecule has 1 aliphatic carbocycles. The van der Waals surface area contributed by atoms with Gasteiger partial charge in [0.2, 0.25) is 0 Å². The van der Waals surface area contributed by atoms with Crippen LogP contribution in [0.5, 0.6) is 17.2 Å². The minimum atomic E-state index is 0.262. The molecule has 1 fully saturated rings. The topological polar surface area (TPSA) is 29.5 Å². The van der Waals surface area contributed by atoms with Crippen LogP contribution in [0, 0.1) is 0 Å². The van der Waals surface area contributed by atoms with Crippen molar-refractivity contribution in [2.24, 2.45) is 0 Å². The van der Waals surface area contributed by atoms with Crippen molar-refractivity contribution in [2.75, 3.05) is 0 Å². The van der Waals surface area contributed by atoms with E-state index in [0.29, 0.717) is 5.92 Å². The number of aromatic hydroxyl groups is 1. The lowest BCUT2D eigenvalue weighted by Crippen LogP contribution is -2.05. The Morgan fingerprint density at radius 3 is 2.30 bits per heavy atom. The molecule has 1 aliphatic rings. The van der Waals surface area contributed by atoms with Crippen LogP contribution >= 0.6 is 0 Å². The second-order valence-electron chi connectivity index (χ2n) is 5.47. The molecule has 3 rings (SSSR count). The molecule has 0 aliphatic heterocycles. The van der Waals surface area contributed by atoms with E-state index in [2.05, 4.69) is 12.1 Å². The van der Waals surface area contributed by atoms with Gasteiger partial charge in [-0.05, 0) is 54.7 Å². The molecular weight excluding hydrogens is 248 g/mol. The molecule has 104 valence electrons. The number of para-hydroxylation sites is 1. The Balaban J connectivity index is 1.83. The summed E-state index contributed by atoms with van der Waals surface area (Å²) in [5, 5.41) is 9.33. The standard InChI is InChI=1S/C18H20O2/c19-15-10-12-16(13-11-15)20-18-9-5-4-8-17(18)14-6-2-1-3-7-14/h4-5,8-14,19H,1-3,6-7H2. The highest BCUT2D eigenvalue weighted by atomic mass is 16.5. The zero-order valence-electron chi connectivity index (χ0n) is 11.6. The summed E-state index contributed by atoms with van der Waals surface area (Å²) in [4.78, 5) is 0. The molecule has 2 heteroatoms. The summed E-state index contributed by atoms with van der Waals surface area (Å²) in [6.07, 6.45) is 6.51. The third kappa shape index (κ3) is 2.96. The van der Waals surface area contributed by atoms with Crippen molar-refractivity contribution in [3.05, 3.63) is 54.1 Å². The minimum Gasteiger partial charge on any atom is -0.508 e. The van der Waals surface area contributed by atoms with E-state index >= 15 is 0 Å². The first-order valence-electron chi connectivity index (χ1n) is 7.39. The van der Waals surface area contributed by atoms with Crippen molar-refractivity contribution < 1.29 is 9.84 Å². The van der Waals surface area contributed by atoms with Gasteiger partial charge in [0.15, 0.2) is 0 Å². The molecular formula is C18H20O2. The first-order valence-corrected chi connectivity index (χ1v) is 7.39. The van der Waals surface area contributed by atoms with Crippen LogP contribution in [0.4, 0.5) is 0 Å². The van der Waals surface area contributed by atoms with Crippen molar-refractivity contribution in [1.82, 2.24) is 0 Å². The van der Waals surface area contributed by atoms with Crippen molar-refractivity contribution in [2.45, 2.75) is 38.0 Å². The van der Waals surface area contributed by atoms with Crippen LogP contribution in [-0.2, 0) is 0 Å². The van der Waals surface area contributed by atoms with Gasteiger partial charge in [-0.2, -0.15) is 0 Å². The van der Waals surface area contributed by atoms with Crippen molar-refractivity contribution in [3.63, 3.8) is 0 Å². The Morgan fingerprint density at radius 1 is 0.850 bits per heavy atom. The van der Waals surface area contributed by atoms with E-state index in [1.165, 1.54) is 37.7 Å².